The van der Waals surface area contributed by atoms with Crippen molar-refractivity contribution in [2.75, 3.05) is 11.9 Å². The molecule has 1 saturated heterocycles. The first-order chi connectivity index (χ1) is 13.6. The molecule has 2 aliphatic rings. The van der Waals surface area contributed by atoms with Gasteiger partial charge in [-0.05, 0) is 42.7 Å². The highest BCUT2D eigenvalue weighted by atomic mass is 16.2. The minimum atomic E-state index is -0.741. The van der Waals surface area contributed by atoms with Gasteiger partial charge in [0.25, 0.3) is 5.91 Å². The van der Waals surface area contributed by atoms with Crippen molar-refractivity contribution in [2.45, 2.75) is 37.6 Å². The van der Waals surface area contributed by atoms with E-state index in [0.717, 1.165) is 41.2 Å². The van der Waals surface area contributed by atoms with Gasteiger partial charge >= 0.3 is 6.03 Å². The first-order valence-corrected chi connectivity index (χ1v) is 9.69. The van der Waals surface area contributed by atoms with Gasteiger partial charge in [-0.25, -0.2) is 4.79 Å². The molecule has 6 heteroatoms. The van der Waals surface area contributed by atoms with E-state index in [1.165, 1.54) is 0 Å². The highest BCUT2D eigenvalue weighted by Gasteiger charge is 2.51. The molecular weight excluding hydrogens is 352 g/mol. The molecular formula is C22H24N4O2. The number of hydrogen-bond donors (Lipinski definition) is 1. The fourth-order valence-corrected chi connectivity index (χ4v) is 3.91. The van der Waals surface area contributed by atoms with Crippen LogP contribution in [0.15, 0.2) is 59.7 Å². The van der Waals surface area contributed by atoms with Crippen molar-refractivity contribution in [1.82, 2.24) is 10.3 Å². The average molecular weight is 376 g/mol. The van der Waals surface area contributed by atoms with Crippen LogP contribution in [0.1, 0.15) is 37.7 Å². The van der Waals surface area contributed by atoms with Crippen LogP contribution >= 0.6 is 0 Å². The number of carbonyl (C=O) groups excluding carboxylic acids is 2. The van der Waals surface area contributed by atoms with E-state index >= 15 is 0 Å². The summed E-state index contributed by atoms with van der Waals surface area (Å²) >= 11 is 0. The minimum absolute atomic E-state index is 0.228. The summed E-state index contributed by atoms with van der Waals surface area (Å²) in [5.74, 6) is -0.228. The lowest BCUT2D eigenvalue weighted by molar-refractivity contribution is -0.132. The van der Waals surface area contributed by atoms with Crippen LogP contribution in [0.5, 0.6) is 0 Å². The van der Waals surface area contributed by atoms with E-state index in [9.17, 15) is 9.59 Å². The summed E-state index contributed by atoms with van der Waals surface area (Å²) in [6.45, 7) is 0. The summed E-state index contributed by atoms with van der Waals surface area (Å²) in [6.07, 6.45) is 5.98. The number of hydrogen-bond acceptors (Lipinski definition) is 4. The molecule has 0 unspecified atom stereocenters. The first-order valence-electron chi connectivity index (χ1n) is 9.69. The first kappa shape index (κ1) is 18.2. The van der Waals surface area contributed by atoms with E-state index in [-0.39, 0.29) is 5.91 Å². The Morgan fingerprint density at radius 1 is 0.964 bits per heavy atom. The molecule has 0 radical (unpaired) electrons. The maximum atomic E-state index is 12.7. The van der Waals surface area contributed by atoms with Crippen molar-refractivity contribution in [3.05, 3.63) is 60.2 Å². The molecule has 1 saturated carbocycles. The number of benzene rings is 2. The van der Waals surface area contributed by atoms with Crippen LogP contribution in [0.4, 0.5) is 16.2 Å². The zero-order chi connectivity index (χ0) is 19.6. The number of imide groups is 1. The number of anilines is 2. The summed E-state index contributed by atoms with van der Waals surface area (Å²) in [5, 5.41) is 8.02. The maximum absolute atomic E-state index is 12.7. The smallest absolute Gasteiger partial charge is 0.345 e. The molecule has 0 bridgehead atoms. The van der Waals surface area contributed by atoms with Crippen LogP contribution in [-0.2, 0) is 4.79 Å². The van der Waals surface area contributed by atoms with Gasteiger partial charge in [-0.2, -0.15) is 5.10 Å². The van der Waals surface area contributed by atoms with Gasteiger partial charge < -0.3 is 10.2 Å². The van der Waals surface area contributed by atoms with Crippen molar-refractivity contribution in [1.29, 1.82) is 0 Å². The topological polar surface area (TPSA) is 65.0 Å². The number of hydrazone groups is 1. The SMILES string of the molecule is CN(c1ccccc1)c1ccc(/C=N/N2C(=O)NC3(CCCCC3)C2=O)cc1. The molecule has 6 nitrogen and oxygen atoms in total. The largest absolute Gasteiger partial charge is 0.346 e. The highest BCUT2D eigenvalue weighted by Crippen LogP contribution is 2.33. The van der Waals surface area contributed by atoms with Gasteiger partial charge in [0.15, 0.2) is 0 Å². The van der Waals surface area contributed by atoms with Crippen molar-refractivity contribution in [3.63, 3.8) is 0 Å². The summed E-state index contributed by atoms with van der Waals surface area (Å²) in [7, 11) is 2.01. The Balaban J connectivity index is 1.46. The van der Waals surface area contributed by atoms with E-state index in [1.807, 2.05) is 61.6 Å². The predicted molar refractivity (Wildman–Crippen MR) is 110 cm³/mol. The molecule has 28 heavy (non-hydrogen) atoms. The molecule has 2 fully saturated rings. The average Bonchev–Trinajstić information content (AvgIpc) is 2.96. The summed E-state index contributed by atoms with van der Waals surface area (Å²) in [6, 6.07) is 17.5. The van der Waals surface area contributed by atoms with Crippen molar-refractivity contribution < 1.29 is 9.59 Å². The number of nitrogens with zero attached hydrogens (tertiary/aromatic N) is 3. The third-order valence-electron chi connectivity index (χ3n) is 5.59. The number of amides is 3. The molecule has 2 aromatic carbocycles. The molecule has 0 aromatic heterocycles. The molecule has 1 spiro atoms. The molecule has 2 aromatic rings. The number of carbonyl (C=O) groups is 2. The van der Waals surface area contributed by atoms with Crippen LogP contribution in [0.2, 0.25) is 0 Å². The lowest BCUT2D eigenvalue weighted by Crippen LogP contribution is -2.48. The van der Waals surface area contributed by atoms with Gasteiger partial charge in [0.2, 0.25) is 0 Å². The molecule has 1 aliphatic carbocycles. The summed E-state index contributed by atoms with van der Waals surface area (Å²) in [4.78, 5) is 27.1. The van der Waals surface area contributed by atoms with E-state index in [1.54, 1.807) is 6.21 Å². The number of nitrogens with one attached hydrogen (secondary N) is 1. The zero-order valence-corrected chi connectivity index (χ0v) is 16.0. The molecule has 1 aliphatic heterocycles. The lowest BCUT2D eigenvalue weighted by atomic mass is 9.82. The van der Waals surface area contributed by atoms with Crippen LogP contribution < -0.4 is 10.2 Å². The standard InChI is InChI=1S/C22H24N4O2/c1-25(18-8-4-2-5-9-18)19-12-10-17(11-13-19)16-23-26-20(27)22(24-21(26)28)14-6-3-7-15-22/h2,4-5,8-13,16H,3,6-7,14-15H2,1H3,(H,24,28)/b23-16+. The Morgan fingerprint density at radius 3 is 2.29 bits per heavy atom. The minimum Gasteiger partial charge on any atom is -0.345 e. The normalized spacial score (nSPS) is 18.7. The second-order valence-electron chi connectivity index (χ2n) is 7.42. The lowest BCUT2D eigenvalue weighted by Gasteiger charge is -2.29. The number of rotatable bonds is 4. The van der Waals surface area contributed by atoms with E-state index in [2.05, 4.69) is 15.3 Å². The number of para-hydroxylation sites is 1. The Morgan fingerprint density at radius 2 is 1.61 bits per heavy atom. The molecule has 3 amide bonds. The third-order valence-corrected chi connectivity index (χ3v) is 5.59. The van der Waals surface area contributed by atoms with E-state index in [0.29, 0.717) is 12.8 Å². The van der Waals surface area contributed by atoms with Crippen molar-refractivity contribution in [2.24, 2.45) is 5.10 Å². The van der Waals surface area contributed by atoms with E-state index in [4.69, 9.17) is 0 Å². The highest BCUT2D eigenvalue weighted by molar-refractivity contribution is 6.07. The maximum Gasteiger partial charge on any atom is 0.346 e. The monoisotopic (exact) mass is 376 g/mol. The molecule has 1 heterocycles. The molecule has 4 rings (SSSR count). The Labute approximate surface area is 164 Å². The fraction of sp³-hybridized carbons (Fsp3) is 0.318. The fourth-order valence-electron chi connectivity index (χ4n) is 3.91. The van der Waals surface area contributed by atoms with Gasteiger partial charge in [-0.3, -0.25) is 4.79 Å². The molecule has 144 valence electrons. The Kier molecular flexibility index (Phi) is 4.86. The van der Waals surface area contributed by atoms with E-state index < -0.39 is 11.6 Å². The Bertz CT molecular complexity index is 887. The van der Waals surface area contributed by atoms with Gasteiger partial charge in [-0.15, -0.1) is 5.01 Å². The zero-order valence-electron chi connectivity index (χ0n) is 16.0. The predicted octanol–water partition coefficient (Wildman–Crippen LogP) is 4.04. The van der Waals surface area contributed by atoms with Crippen molar-refractivity contribution in [3.8, 4) is 0 Å². The molecule has 1 N–H and O–H groups in total. The van der Waals surface area contributed by atoms with Gasteiger partial charge in [0.1, 0.15) is 5.54 Å². The second kappa shape index (κ2) is 7.46. The van der Waals surface area contributed by atoms with Gasteiger partial charge in [-0.1, -0.05) is 49.6 Å². The van der Waals surface area contributed by atoms with Crippen LogP contribution in [0.25, 0.3) is 0 Å². The van der Waals surface area contributed by atoms with Crippen LogP contribution in [0, 0.1) is 0 Å². The number of urea groups is 1. The quantitative estimate of drug-likeness (QED) is 0.647. The van der Waals surface area contributed by atoms with Crippen molar-refractivity contribution >= 4 is 29.5 Å². The molecule has 0 atom stereocenters. The summed E-state index contributed by atoms with van der Waals surface area (Å²) in [5.41, 5.74) is 2.23. The third kappa shape index (κ3) is 3.38. The summed E-state index contributed by atoms with van der Waals surface area (Å²) < 4.78 is 0. The van der Waals surface area contributed by atoms with Gasteiger partial charge in [0.05, 0.1) is 6.21 Å². The Hall–Kier alpha value is -3.15. The van der Waals surface area contributed by atoms with Crippen LogP contribution in [0.3, 0.4) is 0 Å². The second-order valence-corrected chi connectivity index (χ2v) is 7.42. The van der Waals surface area contributed by atoms with Crippen LogP contribution in [-0.4, -0.2) is 35.7 Å². The van der Waals surface area contributed by atoms with Gasteiger partial charge in [0, 0.05) is 18.4 Å².